The number of anilines is 1. The molecule has 0 saturated heterocycles. The summed E-state index contributed by atoms with van der Waals surface area (Å²) >= 11 is 0. The van der Waals surface area contributed by atoms with E-state index < -0.39 is 10.2 Å². The highest BCUT2D eigenvalue weighted by Gasteiger charge is 2.26. The van der Waals surface area contributed by atoms with Crippen LogP contribution >= 0.6 is 0 Å². The molecule has 0 saturated carbocycles. The van der Waals surface area contributed by atoms with Gasteiger partial charge >= 0.3 is 10.2 Å². The summed E-state index contributed by atoms with van der Waals surface area (Å²) in [5.41, 5.74) is 6.36. The molecular weight excluding hydrogens is 242 g/mol. The van der Waals surface area contributed by atoms with Crippen LogP contribution < -0.4 is 10.5 Å². The van der Waals surface area contributed by atoms with Gasteiger partial charge in [0.15, 0.2) is 11.7 Å². The molecule has 92 valence electrons. The Labute approximate surface area is 99.4 Å². The number of hydrogen-bond donors (Lipinski definition) is 2. The molecule has 2 rings (SSSR count). The van der Waals surface area contributed by atoms with Crippen molar-refractivity contribution >= 4 is 21.9 Å². The normalized spacial score (nSPS) is 17.9. The third-order valence-corrected chi connectivity index (χ3v) is 3.12. The van der Waals surface area contributed by atoms with Crippen molar-refractivity contribution in [1.29, 1.82) is 0 Å². The lowest BCUT2D eigenvalue weighted by Gasteiger charge is -2.20. The number of aromatic nitrogens is 2. The van der Waals surface area contributed by atoms with Crippen molar-refractivity contribution < 1.29 is 8.42 Å². The Hall–Kier alpha value is -1.70. The van der Waals surface area contributed by atoms with Crippen molar-refractivity contribution in [1.82, 2.24) is 9.97 Å². The molecule has 3 N–H and O–H groups in total. The van der Waals surface area contributed by atoms with E-state index in [4.69, 9.17) is 5.73 Å². The Morgan fingerprint density at radius 2 is 2.00 bits per heavy atom. The number of nitrogens with zero attached hydrogens (tertiary/aromatic N) is 3. The van der Waals surface area contributed by atoms with Crippen LogP contribution in [0.3, 0.4) is 0 Å². The molecule has 2 heterocycles. The number of amidine groups is 1. The topological polar surface area (TPSA) is 110 Å². The minimum Gasteiger partial charge on any atom is -0.381 e. The highest BCUT2D eigenvalue weighted by molar-refractivity contribution is 7.91. The van der Waals surface area contributed by atoms with Gasteiger partial charge in [-0.2, -0.15) is 8.42 Å². The number of rotatable bonds is 0. The van der Waals surface area contributed by atoms with E-state index in [1.807, 2.05) is 20.8 Å². The molecule has 0 bridgehead atoms. The lowest BCUT2D eigenvalue weighted by atomic mass is 9.92. The fraction of sp³-hybridized carbons (Fsp3) is 0.444. The molecule has 1 aliphatic rings. The molecule has 0 amide bonds. The molecule has 1 aromatic heterocycles. The Morgan fingerprint density at radius 1 is 1.35 bits per heavy atom. The molecule has 8 heteroatoms. The van der Waals surface area contributed by atoms with Gasteiger partial charge in [0.1, 0.15) is 5.69 Å². The second-order valence-electron chi connectivity index (χ2n) is 4.76. The lowest BCUT2D eigenvalue weighted by molar-refractivity contribution is 0.565. The summed E-state index contributed by atoms with van der Waals surface area (Å²) in [5.74, 6) is -0.0251. The molecule has 0 atom stereocenters. The highest BCUT2D eigenvalue weighted by Crippen LogP contribution is 2.23. The summed E-state index contributed by atoms with van der Waals surface area (Å²) < 4.78 is 28.0. The summed E-state index contributed by atoms with van der Waals surface area (Å²) in [6, 6.07) is 0. The van der Waals surface area contributed by atoms with E-state index in [1.165, 1.54) is 6.20 Å². The van der Waals surface area contributed by atoms with Gasteiger partial charge in [-0.1, -0.05) is 20.8 Å². The van der Waals surface area contributed by atoms with Gasteiger partial charge in [-0.3, -0.25) is 0 Å². The van der Waals surface area contributed by atoms with Crippen LogP contribution in [0.25, 0.3) is 0 Å². The fourth-order valence-electron chi connectivity index (χ4n) is 1.32. The molecule has 0 spiro atoms. The van der Waals surface area contributed by atoms with Gasteiger partial charge in [0.25, 0.3) is 0 Å². The van der Waals surface area contributed by atoms with Crippen LogP contribution in [0.4, 0.5) is 5.82 Å². The first-order valence-corrected chi connectivity index (χ1v) is 6.39. The first-order chi connectivity index (χ1) is 7.69. The van der Waals surface area contributed by atoms with E-state index in [-0.39, 0.29) is 22.8 Å². The molecular formula is C9H13N5O2S. The fourth-order valence-corrected chi connectivity index (χ4v) is 2.11. The zero-order chi connectivity index (χ0) is 12.8. The average Bonchev–Trinajstić information content (AvgIpc) is 2.13. The van der Waals surface area contributed by atoms with Crippen LogP contribution in [0.2, 0.25) is 0 Å². The maximum absolute atomic E-state index is 11.3. The van der Waals surface area contributed by atoms with Crippen LogP contribution in [0.1, 0.15) is 32.2 Å². The monoisotopic (exact) mass is 255 g/mol. The van der Waals surface area contributed by atoms with E-state index in [1.54, 1.807) is 0 Å². The smallest absolute Gasteiger partial charge is 0.345 e. The van der Waals surface area contributed by atoms with Crippen molar-refractivity contribution in [3.8, 4) is 0 Å². The van der Waals surface area contributed by atoms with Gasteiger partial charge in [0, 0.05) is 5.41 Å². The largest absolute Gasteiger partial charge is 0.381 e. The second-order valence-corrected chi connectivity index (χ2v) is 6.09. The van der Waals surface area contributed by atoms with Crippen LogP contribution in [-0.2, 0) is 15.6 Å². The molecule has 0 fully saturated rings. The maximum atomic E-state index is 11.3. The SMILES string of the molecule is CC(C)(C)c1cnc2c(n1)C(N)=NS(=O)(=O)N2. The molecule has 7 nitrogen and oxygen atoms in total. The van der Waals surface area contributed by atoms with Gasteiger partial charge in [0.2, 0.25) is 0 Å². The Balaban J connectivity index is 2.60. The minimum atomic E-state index is -3.78. The van der Waals surface area contributed by atoms with Crippen LogP contribution in [-0.4, -0.2) is 24.2 Å². The molecule has 1 aliphatic heterocycles. The summed E-state index contributed by atoms with van der Waals surface area (Å²) in [6.45, 7) is 5.93. The maximum Gasteiger partial charge on any atom is 0.345 e. The predicted octanol–water partition coefficient (Wildman–Crippen LogP) is 0.150. The molecule has 0 unspecified atom stereocenters. The van der Waals surface area contributed by atoms with Crippen molar-refractivity contribution in [3.05, 3.63) is 17.6 Å². The Morgan fingerprint density at radius 3 is 2.59 bits per heavy atom. The quantitative estimate of drug-likeness (QED) is 0.685. The minimum absolute atomic E-state index is 0.116. The van der Waals surface area contributed by atoms with E-state index in [2.05, 4.69) is 19.1 Å². The number of hydrogen-bond acceptors (Lipinski definition) is 5. The van der Waals surface area contributed by atoms with Crippen molar-refractivity contribution in [2.75, 3.05) is 4.72 Å². The summed E-state index contributed by atoms with van der Waals surface area (Å²) in [7, 11) is -3.78. The van der Waals surface area contributed by atoms with Gasteiger partial charge in [-0.25, -0.2) is 14.7 Å². The lowest BCUT2D eigenvalue weighted by Crippen LogP contribution is -2.29. The van der Waals surface area contributed by atoms with Crippen LogP contribution in [0.15, 0.2) is 10.6 Å². The van der Waals surface area contributed by atoms with Gasteiger partial charge in [-0.15, -0.1) is 4.40 Å². The van der Waals surface area contributed by atoms with E-state index in [9.17, 15) is 8.42 Å². The zero-order valence-electron chi connectivity index (χ0n) is 9.72. The highest BCUT2D eigenvalue weighted by atomic mass is 32.2. The first-order valence-electron chi connectivity index (χ1n) is 4.95. The molecule has 1 aromatic rings. The van der Waals surface area contributed by atoms with Crippen LogP contribution in [0, 0.1) is 0 Å². The number of fused-ring (bicyclic) bond motifs is 1. The molecule has 0 radical (unpaired) electrons. The second kappa shape index (κ2) is 3.39. The Bertz CT molecular complexity index is 600. The first kappa shape index (κ1) is 11.8. The average molecular weight is 255 g/mol. The van der Waals surface area contributed by atoms with Gasteiger partial charge in [-0.05, 0) is 0 Å². The molecule has 0 aromatic carbocycles. The van der Waals surface area contributed by atoms with Crippen molar-refractivity contribution in [2.45, 2.75) is 26.2 Å². The zero-order valence-corrected chi connectivity index (χ0v) is 10.5. The molecule has 0 aliphatic carbocycles. The van der Waals surface area contributed by atoms with Crippen LogP contribution in [0.5, 0.6) is 0 Å². The van der Waals surface area contributed by atoms with E-state index in [0.717, 1.165) is 5.69 Å². The predicted molar refractivity (Wildman–Crippen MR) is 64.0 cm³/mol. The summed E-state index contributed by atoms with van der Waals surface area (Å²) in [5, 5.41) is 0. The van der Waals surface area contributed by atoms with Crippen molar-refractivity contribution in [3.63, 3.8) is 0 Å². The van der Waals surface area contributed by atoms with E-state index >= 15 is 0 Å². The third-order valence-electron chi connectivity index (χ3n) is 2.23. The van der Waals surface area contributed by atoms with E-state index in [0.29, 0.717) is 0 Å². The summed E-state index contributed by atoms with van der Waals surface area (Å²) in [6.07, 6.45) is 1.53. The molecule has 17 heavy (non-hydrogen) atoms. The standard InChI is InChI=1S/C9H13N5O2S/c1-9(2,3)5-4-11-8-6(12-5)7(10)13-17(15,16)14-8/h4H,1-3H3,(H2,10,13)(H,11,14). The summed E-state index contributed by atoms with van der Waals surface area (Å²) in [4.78, 5) is 8.30. The van der Waals surface area contributed by atoms with Crippen molar-refractivity contribution in [2.24, 2.45) is 10.1 Å². The Kier molecular flexibility index (Phi) is 2.35. The number of nitrogens with one attached hydrogen (secondary N) is 1. The number of nitrogens with two attached hydrogens (primary N) is 1. The third kappa shape index (κ3) is 2.21. The van der Waals surface area contributed by atoms with Gasteiger partial charge < -0.3 is 5.73 Å². The van der Waals surface area contributed by atoms with Gasteiger partial charge in [0.05, 0.1) is 11.9 Å².